The zero-order valence-electron chi connectivity index (χ0n) is 25.3. The Morgan fingerprint density at radius 2 is 1.50 bits per heavy atom. The molecule has 0 saturated carbocycles. The highest BCUT2D eigenvalue weighted by molar-refractivity contribution is 5.91. The SMILES string of the molecule is CN(CCCCCC(=O)N(C)CCN1CCC(OC(=O)Nc2ccccc2-c2ccccc2)CC1)CCCCC(=O)O. The van der Waals surface area contributed by atoms with Crippen LogP contribution in [-0.2, 0) is 14.3 Å². The van der Waals surface area contributed by atoms with Crippen molar-refractivity contribution in [1.29, 1.82) is 0 Å². The molecule has 1 heterocycles. The fraction of sp³-hybridized carbons (Fsp3) is 0.545. The Hall–Kier alpha value is -3.43. The van der Waals surface area contributed by atoms with Gasteiger partial charge >= 0.3 is 12.1 Å². The van der Waals surface area contributed by atoms with Gasteiger partial charge in [0.1, 0.15) is 6.10 Å². The Labute approximate surface area is 250 Å². The average Bonchev–Trinajstić information content (AvgIpc) is 2.99. The quantitative estimate of drug-likeness (QED) is 0.236. The number of para-hydroxylation sites is 1. The van der Waals surface area contributed by atoms with E-state index in [2.05, 4.69) is 22.2 Å². The third kappa shape index (κ3) is 12.2. The summed E-state index contributed by atoms with van der Waals surface area (Å²) in [4.78, 5) is 42.2. The van der Waals surface area contributed by atoms with Crippen LogP contribution in [0.4, 0.5) is 10.5 Å². The first-order valence-corrected chi connectivity index (χ1v) is 15.3. The summed E-state index contributed by atoms with van der Waals surface area (Å²) in [6.07, 6.45) is 6.37. The first-order chi connectivity index (χ1) is 20.3. The second-order valence-corrected chi connectivity index (χ2v) is 11.3. The van der Waals surface area contributed by atoms with Crippen LogP contribution in [-0.4, -0.2) is 97.2 Å². The molecule has 0 spiro atoms. The van der Waals surface area contributed by atoms with Crippen LogP contribution in [0.2, 0.25) is 0 Å². The number of benzene rings is 2. The molecular formula is C33H48N4O5. The Balaban J connectivity index is 1.25. The van der Waals surface area contributed by atoms with Crippen LogP contribution in [0.1, 0.15) is 57.8 Å². The van der Waals surface area contributed by atoms with Crippen molar-refractivity contribution in [2.24, 2.45) is 0 Å². The maximum atomic E-state index is 12.7. The first kappa shape index (κ1) is 33.1. The fourth-order valence-corrected chi connectivity index (χ4v) is 5.21. The molecule has 0 aliphatic carbocycles. The normalized spacial score (nSPS) is 14.1. The molecule has 0 radical (unpaired) electrons. The van der Waals surface area contributed by atoms with Gasteiger partial charge in [-0.05, 0) is 70.3 Å². The Kier molecular flexibility index (Phi) is 14.3. The van der Waals surface area contributed by atoms with E-state index in [0.717, 1.165) is 88.1 Å². The molecule has 1 fully saturated rings. The van der Waals surface area contributed by atoms with Crippen molar-refractivity contribution in [2.75, 3.05) is 58.7 Å². The number of piperidine rings is 1. The smallest absolute Gasteiger partial charge is 0.411 e. The molecule has 42 heavy (non-hydrogen) atoms. The fourth-order valence-electron chi connectivity index (χ4n) is 5.21. The number of unbranched alkanes of at least 4 members (excludes halogenated alkanes) is 3. The molecule has 0 atom stereocenters. The number of carboxylic acids is 1. The second kappa shape index (κ2) is 18.2. The molecule has 9 heteroatoms. The van der Waals surface area contributed by atoms with Gasteiger partial charge in [-0.15, -0.1) is 0 Å². The minimum atomic E-state index is -0.731. The minimum absolute atomic E-state index is 0.117. The van der Waals surface area contributed by atoms with Crippen LogP contribution in [0.25, 0.3) is 11.1 Å². The lowest BCUT2D eigenvalue weighted by molar-refractivity contribution is -0.137. The molecule has 1 saturated heterocycles. The predicted molar refractivity (Wildman–Crippen MR) is 167 cm³/mol. The van der Waals surface area contributed by atoms with Gasteiger partial charge in [0, 0.05) is 51.6 Å². The Morgan fingerprint density at radius 3 is 2.21 bits per heavy atom. The van der Waals surface area contributed by atoms with Crippen molar-refractivity contribution < 1.29 is 24.2 Å². The molecule has 2 amide bonds. The zero-order valence-corrected chi connectivity index (χ0v) is 25.3. The molecular weight excluding hydrogens is 532 g/mol. The lowest BCUT2D eigenvalue weighted by Gasteiger charge is -2.32. The van der Waals surface area contributed by atoms with Gasteiger partial charge in [0.25, 0.3) is 0 Å². The van der Waals surface area contributed by atoms with Crippen LogP contribution in [0, 0.1) is 0 Å². The van der Waals surface area contributed by atoms with Crippen molar-refractivity contribution in [3.05, 3.63) is 54.6 Å². The van der Waals surface area contributed by atoms with E-state index in [1.165, 1.54) is 0 Å². The van der Waals surface area contributed by atoms with E-state index in [1.54, 1.807) is 0 Å². The van der Waals surface area contributed by atoms with Gasteiger partial charge in [0.05, 0.1) is 5.69 Å². The van der Waals surface area contributed by atoms with Gasteiger partial charge in [-0.3, -0.25) is 14.9 Å². The number of carbonyl (C=O) groups excluding carboxylic acids is 2. The summed E-state index contributed by atoms with van der Waals surface area (Å²) in [6, 6.07) is 17.7. The molecule has 1 aliphatic heterocycles. The van der Waals surface area contributed by atoms with Crippen LogP contribution in [0.5, 0.6) is 0 Å². The van der Waals surface area contributed by atoms with Gasteiger partial charge in [0.15, 0.2) is 0 Å². The Morgan fingerprint density at radius 1 is 0.857 bits per heavy atom. The predicted octanol–water partition coefficient (Wildman–Crippen LogP) is 5.57. The summed E-state index contributed by atoms with van der Waals surface area (Å²) >= 11 is 0. The molecule has 1 aliphatic rings. The number of likely N-dealkylation sites (tertiary alicyclic amines) is 1. The lowest BCUT2D eigenvalue weighted by atomic mass is 10.0. The van der Waals surface area contributed by atoms with E-state index >= 15 is 0 Å². The van der Waals surface area contributed by atoms with Gasteiger partial charge in [-0.1, -0.05) is 55.0 Å². The summed E-state index contributed by atoms with van der Waals surface area (Å²) in [5.41, 5.74) is 2.73. The second-order valence-electron chi connectivity index (χ2n) is 11.3. The number of carboxylic acid groups (broad SMARTS) is 1. The van der Waals surface area contributed by atoms with E-state index in [9.17, 15) is 14.4 Å². The molecule has 0 unspecified atom stereocenters. The van der Waals surface area contributed by atoms with E-state index in [-0.39, 0.29) is 18.4 Å². The van der Waals surface area contributed by atoms with Crippen molar-refractivity contribution in [2.45, 2.75) is 63.9 Å². The van der Waals surface area contributed by atoms with Crippen molar-refractivity contribution in [1.82, 2.24) is 14.7 Å². The van der Waals surface area contributed by atoms with Crippen LogP contribution >= 0.6 is 0 Å². The highest BCUT2D eigenvalue weighted by Crippen LogP contribution is 2.28. The number of amides is 2. The van der Waals surface area contributed by atoms with Gasteiger partial charge < -0.3 is 24.5 Å². The zero-order chi connectivity index (χ0) is 30.2. The van der Waals surface area contributed by atoms with Crippen molar-refractivity contribution >= 4 is 23.7 Å². The van der Waals surface area contributed by atoms with Crippen LogP contribution < -0.4 is 5.32 Å². The van der Waals surface area contributed by atoms with Crippen LogP contribution in [0.3, 0.4) is 0 Å². The standard InChI is InChI=1S/C33H48N4O5/c1-35(22-12-10-18-32(39)40)21-11-4-7-17-31(38)36(2)25-26-37-23-19-28(20-24-37)42-33(41)34-30-16-9-8-15-29(30)27-13-5-3-6-14-27/h3,5-6,8-9,13-16,28H,4,7,10-12,17-26H2,1-2H3,(H,34,41)(H,39,40). The number of hydrogen-bond donors (Lipinski definition) is 2. The van der Waals surface area contributed by atoms with Crippen molar-refractivity contribution in [3.8, 4) is 11.1 Å². The van der Waals surface area contributed by atoms with Crippen LogP contribution in [0.15, 0.2) is 54.6 Å². The third-order valence-corrected chi connectivity index (χ3v) is 7.85. The number of rotatable bonds is 17. The molecule has 0 aromatic heterocycles. The van der Waals surface area contributed by atoms with Gasteiger partial charge in [0.2, 0.25) is 5.91 Å². The summed E-state index contributed by atoms with van der Waals surface area (Å²) in [6.45, 7) is 5.07. The lowest BCUT2D eigenvalue weighted by Crippen LogP contribution is -2.42. The van der Waals surface area contributed by atoms with E-state index in [0.29, 0.717) is 19.4 Å². The molecule has 3 rings (SSSR count). The summed E-state index contributed by atoms with van der Waals surface area (Å²) in [5, 5.41) is 11.6. The average molecular weight is 581 g/mol. The summed E-state index contributed by atoms with van der Waals surface area (Å²) < 4.78 is 5.74. The molecule has 2 N–H and O–H groups in total. The van der Waals surface area contributed by atoms with Crippen molar-refractivity contribution in [3.63, 3.8) is 0 Å². The minimum Gasteiger partial charge on any atom is -0.481 e. The third-order valence-electron chi connectivity index (χ3n) is 7.85. The largest absolute Gasteiger partial charge is 0.481 e. The Bertz CT molecular complexity index is 1100. The van der Waals surface area contributed by atoms with Gasteiger partial charge in [-0.25, -0.2) is 4.79 Å². The van der Waals surface area contributed by atoms with E-state index in [1.807, 2.05) is 66.5 Å². The molecule has 2 aromatic rings. The van der Waals surface area contributed by atoms with E-state index in [4.69, 9.17) is 9.84 Å². The van der Waals surface area contributed by atoms with E-state index < -0.39 is 12.1 Å². The number of anilines is 1. The molecule has 230 valence electrons. The molecule has 9 nitrogen and oxygen atoms in total. The number of nitrogens with zero attached hydrogens (tertiary/aromatic N) is 3. The molecule has 2 aromatic carbocycles. The number of nitrogens with one attached hydrogen (secondary N) is 1. The maximum Gasteiger partial charge on any atom is 0.411 e. The topological polar surface area (TPSA) is 102 Å². The number of carbonyl (C=O) groups is 3. The summed E-state index contributed by atoms with van der Waals surface area (Å²) in [7, 11) is 3.94. The monoisotopic (exact) mass is 580 g/mol. The maximum absolute atomic E-state index is 12.7. The number of aliphatic carboxylic acids is 1. The first-order valence-electron chi connectivity index (χ1n) is 15.3. The highest BCUT2D eigenvalue weighted by atomic mass is 16.6. The van der Waals surface area contributed by atoms with Gasteiger partial charge in [-0.2, -0.15) is 0 Å². The number of hydrogen-bond acceptors (Lipinski definition) is 6. The number of ether oxygens (including phenoxy) is 1. The summed E-state index contributed by atoms with van der Waals surface area (Å²) in [5.74, 6) is -0.548. The molecule has 0 bridgehead atoms. The highest BCUT2D eigenvalue weighted by Gasteiger charge is 2.23. The number of likely N-dealkylation sites (N-methyl/N-ethyl adjacent to an activating group) is 1.